The fraction of sp³-hybridized carbons (Fsp3) is 0.357. The highest BCUT2D eigenvalue weighted by Gasteiger charge is 2.23. The van der Waals surface area contributed by atoms with Crippen LogP contribution in [0.1, 0.15) is 30.6 Å². The molecule has 1 rings (SSSR count). The summed E-state index contributed by atoms with van der Waals surface area (Å²) in [6.45, 7) is 3.23. The van der Waals surface area contributed by atoms with Gasteiger partial charge in [0.1, 0.15) is 18.3 Å². The number of furan rings is 1. The third kappa shape index (κ3) is 5.13. The van der Waals surface area contributed by atoms with E-state index in [-0.39, 0.29) is 6.42 Å². The Morgan fingerprint density at radius 1 is 1.38 bits per heavy atom. The van der Waals surface area contributed by atoms with E-state index in [0.717, 1.165) is 0 Å². The molecular formula is C14H18N2O5. The second-order valence-corrected chi connectivity index (χ2v) is 4.41. The number of carbonyl (C=O) groups is 3. The molecule has 0 aliphatic rings. The number of rotatable bonds is 7. The van der Waals surface area contributed by atoms with Gasteiger partial charge in [-0.3, -0.25) is 9.59 Å². The summed E-state index contributed by atoms with van der Waals surface area (Å²) in [5.74, 6) is -2.16. The summed E-state index contributed by atoms with van der Waals surface area (Å²) in [6.07, 6.45) is 6.13. The molecule has 0 saturated heterocycles. The molecule has 1 aromatic rings. The molecule has 114 valence electrons. The van der Waals surface area contributed by atoms with Crippen LogP contribution in [0, 0.1) is 0 Å². The van der Waals surface area contributed by atoms with E-state index in [4.69, 9.17) is 9.52 Å². The number of carboxylic acids is 1. The second-order valence-electron chi connectivity index (χ2n) is 4.41. The van der Waals surface area contributed by atoms with Gasteiger partial charge in [-0.25, -0.2) is 4.79 Å². The Balaban J connectivity index is 2.56. The minimum absolute atomic E-state index is 0.181. The number of carboxylic acid groups (broad SMARTS) is 1. The monoisotopic (exact) mass is 294 g/mol. The Hall–Kier alpha value is -2.57. The summed E-state index contributed by atoms with van der Waals surface area (Å²) in [5, 5.41) is 13.8. The van der Waals surface area contributed by atoms with Crippen LogP contribution in [0.3, 0.4) is 0 Å². The maximum atomic E-state index is 11.9. The lowest BCUT2D eigenvalue weighted by molar-refractivity contribution is -0.141. The van der Waals surface area contributed by atoms with Crippen LogP contribution in [0.4, 0.5) is 0 Å². The molecule has 0 spiro atoms. The molecule has 7 nitrogen and oxygen atoms in total. The lowest BCUT2D eigenvalue weighted by Gasteiger charge is -2.17. The van der Waals surface area contributed by atoms with E-state index >= 15 is 0 Å². The van der Waals surface area contributed by atoms with E-state index in [1.165, 1.54) is 25.5 Å². The smallest absolute Gasteiger partial charge is 0.326 e. The largest absolute Gasteiger partial charge is 0.480 e. The molecule has 2 unspecified atom stereocenters. The van der Waals surface area contributed by atoms with E-state index in [2.05, 4.69) is 10.6 Å². The maximum Gasteiger partial charge on any atom is 0.326 e. The fourth-order valence-electron chi connectivity index (χ4n) is 1.53. The van der Waals surface area contributed by atoms with Crippen molar-refractivity contribution in [3.63, 3.8) is 0 Å². The molecule has 0 fully saturated rings. The van der Waals surface area contributed by atoms with Crippen LogP contribution in [-0.4, -0.2) is 35.0 Å². The van der Waals surface area contributed by atoms with Crippen molar-refractivity contribution in [1.82, 2.24) is 10.6 Å². The molecule has 0 aliphatic heterocycles. The minimum Gasteiger partial charge on any atom is -0.480 e. The van der Waals surface area contributed by atoms with Gasteiger partial charge in [0, 0.05) is 0 Å². The van der Waals surface area contributed by atoms with Gasteiger partial charge in [-0.05, 0) is 26.3 Å². The first-order chi connectivity index (χ1) is 9.95. The number of carbonyl (C=O) groups excluding carboxylic acids is 2. The molecule has 3 N–H and O–H groups in total. The Kier molecular flexibility index (Phi) is 6.19. The first-order valence-corrected chi connectivity index (χ1v) is 6.43. The molecule has 0 aliphatic carbocycles. The lowest BCUT2D eigenvalue weighted by Crippen LogP contribution is -2.50. The van der Waals surface area contributed by atoms with E-state index in [1.54, 1.807) is 19.1 Å². The van der Waals surface area contributed by atoms with Crippen molar-refractivity contribution in [3.05, 3.63) is 36.3 Å². The highest BCUT2D eigenvalue weighted by atomic mass is 16.4. The van der Waals surface area contributed by atoms with Gasteiger partial charge in [-0.2, -0.15) is 0 Å². The molecule has 2 atom stereocenters. The van der Waals surface area contributed by atoms with E-state index < -0.39 is 29.9 Å². The van der Waals surface area contributed by atoms with E-state index in [1.807, 2.05) is 0 Å². The molecule has 7 heteroatoms. The summed E-state index contributed by atoms with van der Waals surface area (Å²) >= 11 is 0. The van der Waals surface area contributed by atoms with Crippen molar-refractivity contribution in [2.75, 3.05) is 0 Å². The lowest BCUT2D eigenvalue weighted by atomic mass is 10.1. The van der Waals surface area contributed by atoms with Gasteiger partial charge in [-0.1, -0.05) is 12.2 Å². The fourth-order valence-corrected chi connectivity index (χ4v) is 1.53. The molecule has 0 saturated carbocycles. The van der Waals surface area contributed by atoms with Crippen molar-refractivity contribution in [2.45, 2.75) is 32.4 Å². The molecule has 0 radical (unpaired) electrons. The summed E-state index contributed by atoms with van der Waals surface area (Å²) < 4.78 is 4.77. The zero-order valence-corrected chi connectivity index (χ0v) is 11.8. The van der Waals surface area contributed by atoms with Gasteiger partial charge >= 0.3 is 5.97 Å². The molecular weight excluding hydrogens is 276 g/mol. The first-order valence-electron chi connectivity index (χ1n) is 6.43. The zero-order valence-electron chi connectivity index (χ0n) is 11.8. The van der Waals surface area contributed by atoms with Gasteiger partial charge in [-0.15, -0.1) is 0 Å². The Morgan fingerprint density at radius 3 is 2.62 bits per heavy atom. The zero-order chi connectivity index (χ0) is 15.8. The summed E-state index contributed by atoms with van der Waals surface area (Å²) in [6, 6.07) is -0.423. The average molecular weight is 294 g/mol. The molecule has 21 heavy (non-hydrogen) atoms. The van der Waals surface area contributed by atoms with Crippen LogP contribution < -0.4 is 10.6 Å². The number of hydrogen-bond acceptors (Lipinski definition) is 4. The number of hydrogen-bond donors (Lipinski definition) is 3. The Labute approximate surface area is 122 Å². The van der Waals surface area contributed by atoms with Crippen LogP contribution >= 0.6 is 0 Å². The van der Waals surface area contributed by atoms with Crippen LogP contribution in [0.2, 0.25) is 0 Å². The second kappa shape index (κ2) is 7.88. The summed E-state index contributed by atoms with van der Waals surface area (Å²) in [7, 11) is 0. The number of amides is 2. The van der Waals surface area contributed by atoms with Crippen LogP contribution in [0.5, 0.6) is 0 Å². The molecule has 1 heterocycles. The van der Waals surface area contributed by atoms with Crippen LogP contribution in [0.25, 0.3) is 0 Å². The Morgan fingerprint density at radius 2 is 2.10 bits per heavy atom. The van der Waals surface area contributed by atoms with E-state index in [9.17, 15) is 14.4 Å². The predicted molar refractivity (Wildman–Crippen MR) is 74.6 cm³/mol. The average Bonchev–Trinajstić information content (AvgIpc) is 2.96. The molecule has 0 aromatic carbocycles. The highest BCUT2D eigenvalue weighted by molar-refractivity contribution is 5.97. The SMILES string of the molecule is C/C=C/CC(NC(=O)C(C)NC(=O)c1ccoc1)C(=O)O. The van der Waals surface area contributed by atoms with Crippen molar-refractivity contribution >= 4 is 17.8 Å². The van der Waals surface area contributed by atoms with Gasteiger partial charge in [0.15, 0.2) is 0 Å². The molecule has 1 aromatic heterocycles. The van der Waals surface area contributed by atoms with Crippen LogP contribution in [-0.2, 0) is 9.59 Å². The van der Waals surface area contributed by atoms with Gasteiger partial charge in [0.05, 0.1) is 11.8 Å². The molecule has 0 bridgehead atoms. The van der Waals surface area contributed by atoms with Crippen molar-refractivity contribution in [3.8, 4) is 0 Å². The number of nitrogens with one attached hydrogen (secondary N) is 2. The van der Waals surface area contributed by atoms with Gasteiger partial charge in [0.2, 0.25) is 5.91 Å². The first kappa shape index (κ1) is 16.5. The summed E-state index contributed by atoms with van der Waals surface area (Å²) in [4.78, 5) is 34.6. The minimum atomic E-state index is -1.13. The number of aliphatic carboxylic acids is 1. The normalized spacial score (nSPS) is 13.6. The van der Waals surface area contributed by atoms with Crippen molar-refractivity contribution in [1.29, 1.82) is 0 Å². The van der Waals surface area contributed by atoms with E-state index in [0.29, 0.717) is 5.56 Å². The molecule has 2 amide bonds. The van der Waals surface area contributed by atoms with Gasteiger partial charge in [0.25, 0.3) is 5.91 Å². The quantitative estimate of drug-likeness (QED) is 0.648. The predicted octanol–water partition coefficient (Wildman–Crippen LogP) is 0.933. The van der Waals surface area contributed by atoms with Crippen molar-refractivity contribution in [2.24, 2.45) is 0 Å². The Bertz CT molecular complexity index is 521. The van der Waals surface area contributed by atoms with Gasteiger partial charge < -0.3 is 20.2 Å². The van der Waals surface area contributed by atoms with Crippen LogP contribution in [0.15, 0.2) is 35.2 Å². The summed E-state index contributed by atoms with van der Waals surface area (Å²) in [5.41, 5.74) is 0.290. The highest BCUT2D eigenvalue weighted by Crippen LogP contribution is 2.01. The topological polar surface area (TPSA) is 109 Å². The maximum absolute atomic E-state index is 11.9. The third-order valence-corrected chi connectivity index (χ3v) is 2.75. The van der Waals surface area contributed by atoms with Crippen molar-refractivity contribution < 1.29 is 23.9 Å². The third-order valence-electron chi connectivity index (χ3n) is 2.75. The standard InChI is InChI=1S/C14H18N2O5/c1-3-4-5-11(14(19)20)16-12(17)9(2)15-13(18)10-6-7-21-8-10/h3-4,6-9,11H,5H2,1-2H3,(H,15,18)(H,16,17)(H,19,20)/b4-3+. The number of allylic oxidation sites excluding steroid dienone is 1.